The lowest BCUT2D eigenvalue weighted by molar-refractivity contribution is 0.686. The Kier molecular flexibility index (Phi) is 4.86. The average molecular weight is 180 g/mol. The molecule has 0 fully saturated rings. The SMILES string of the molecule is CCCNCCNc1cccnn1. The van der Waals surface area contributed by atoms with Gasteiger partial charge < -0.3 is 10.6 Å². The minimum Gasteiger partial charge on any atom is -0.367 e. The molecule has 0 atom stereocenters. The maximum atomic E-state index is 3.91. The van der Waals surface area contributed by atoms with E-state index in [1.807, 2.05) is 12.1 Å². The highest BCUT2D eigenvalue weighted by atomic mass is 15.2. The third-order valence-corrected chi connectivity index (χ3v) is 1.61. The first-order valence-electron chi connectivity index (χ1n) is 4.65. The molecular formula is C9H16N4. The second-order valence-electron chi connectivity index (χ2n) is 2.79. The van der Waals surface area contributed by atoms with Gasteiger partial charge in [-0.05, 0) is 25.1 Å². The van der Waals surface area contributed by atoms with Gasteiger partial charge in [0.1, 0.15) is 5.82 Å². The van der Waals surface area contributed by atoms with Crippen LogP contribution in [0.15, 0.2) is 18.3 Å². The summed E-state index contributed by atoms with van der Waals surface area (Å²) in [5, 5.41) is 14.1. The van der Waals surface area contributed by atoms with Crippen LogP contribution >= 0.6 is 0 Å². The number of hydrogen-bond donors (Lipinski definition) is 2. The van der Waals surface area contributed by atoms with Crippen LogP contribution in [0.4, 0.5) is 5.82 Å². The molecule has 0 bridgehead atoms. The number of hydrogen-bond acceptors (Lipinski definition) is 4. The number of rotatable bonds is 6. The van der Waals surface area contributed by atoms with Gasteiger partial charge in [0.25, 0.3) is 0 Å². The molecule has 1 rings (SSSR count). The molecule has 0 spiro atoms. The highest BCUT2D eigenvalue weighted by Crippen LogP contribution is 1.95. The molecule has 2 N–H and O–H groups in total. The summed E-state index contributed by atoms with van der Waals surface area (Å²) in [6, 6.07) is 3.78. The smallest absolute Gasteiger partial charge is 0.148 e. The van der Waals surface area contributed by atoms with Crippen molar-refractivity contribution in [1.29, 1.82) is 0 Å². The van der Waals surface area contributed by atoms with E-state index in [-0.39, 0.29) is 0 Å². The van der Waals surface area contributed by atoms with Crippen LogP contribution in [0.5, 0.6) is 0 Å². The first-order valence-corrected chi connectivity index (χ1v) is 4.65. The van der Waals surface area contributed by atoms with Crippen molar-refractivity contribution >= 4 is 5.82 Å². The molecular weight excluding hydrogens is 164 g/mol. The van der Waals surface area contributed by atoms with E-state index in [2.05, 4.69) is 27.8 Å². The largest absolute Gasteiger partial charge is 0.367 e. The van der Waals surface area contributed by atoms with E-state index in [9.17, 15) is 0 Å². The molecule has 0 saturated carbocycles. The third kappa shape index (κ3) is 4.42. The molecule has 4 heteroatoms. The molecule has 1 aromatic heterocycles. The fourth-order valence-corrected chi connectivity index (χ4v) is 0.977. The van der Waals surface area contributed by atoms with Crippen molar-refractivity contribution in [1.82, 2.24) is 15.5 Å². The second kappa shape index (κ2) is 6.37. The van der Waals surface area contributed by atoms with Crippen LogP contribution in [0.2, 0.25) is 0 Å². The summed E-state index contributed by atoms with van der Waals surface area (Å²) in [6.45, 7) is 5.08. The van der Waals surface area contributed by atoms with Gasteiger partial charge >= 0.3 is 0 Å². The Bertz CT molecular complexity index is 212. The van der Waals surface area contributed by atoms with E-state index in [4.69, 9.17) is 0 Å². The number of anilines is 1. The van der Waals surface area contributed by atoms with Crippen LogP contribution in [-0.2, 0) is 0 Å². The Labute approximate surface area is 78.8 Å². The molecule has 0 saturated heterocycles. The monoisotopic (exact) mass is 180 g/mol. The van der Waals surface area contributed by atoms with E-state index < -0.39 is 0 Å². The molecule has 0 radical (unpaired) electrons. The van der Waals surface area contributed by atoms with Gasteiger partial charge in [-0.25, -0.2) is 0 Å². The van der Waals surface area contributed by atoms with Gasteiger partial charge in [0.2, 0.25) is 0 Å². The summed E-state index contributed by atoms with van der Waals surface area (Å²) in [6.07, 6.45) is 2.84. The number of nitrogens with one attached hydrogen (secondary N) is 2. The van der Waals surface area contributed by atoms with Crippen LogP contribution in [0, 0.1) is 0 Å². The van der Waals surface area contributed by atoms with Crippen LogP contribution in [-0.4, -0.2) is 29.8 Å². The molecule has 4 nitrogen and oxygen atoms in total. The topological polar surface area (TPSA) is 49.8 Å². The minimum atomic E-state index is 0.834. The first kappa shape index (κ1) is 9.92. The van der Waals surface area contributed by atoms with Gasteiger partial charge in [0.15, 0.2) is 0 Å². The van der Waals surface area contributed by atoms with Crippen LogP contribution in [0.3, 0.4) is 0 Å². The molecule has 1 heterocycles. The van der Waals surface area contributed by atoms with Gasteiger partial charge in [-0.1, -0.05) is 6.92 Å². The van der Waals surface area contributed by atoms with E-state index in [0.29, 0.717) is 0 Å². The van der Waals surface area contributed by atoms with Crippen molar-refractivity contribution in [2.75, 3.05) is 25.0 Å². The quantitative estimate of drug-likeness (QED) is 0.638. The highest BCUT2D eigenvalue weighted by molar-refractivity contribution is 5.31. The van der Waals surface area contributed by atoms with Gasteiger partial charge in [-0.2, -0.15) is 5.10 Å². The Hall–Kier alpha value is -1.16. The summed E-state index contributed by atoms with van der Waals surface area (Å²) < 4.78 is 0. The Morgan fingerprint density at radius 2 is 2.23 bits per heavy atom. The van der Waals surface area contributed by atoms with Crippen LogP contribution < -0.4 is 10.6 Å². The third-order valence-electron chi connectivity index (χ3n) is 1.61. The molecule has 0 aromatic carbocycles. The van der Waals surface area contributed by atoms with Crippen molar-refractivity contribution in [3.8, 4) is 0 Å². The normalized spacial score (nSPS) is 9.92. The standard InChI is InChI=1S/C9H16N4/c1-2-5-10-7-8-11-9-4-3-6-12-13-9/h3-4,6,10H,2,5,7-8H2,1H3,(H,11,13). The Morgan fingerprint density at radius 1 is 1.31 bits per heavy atom. The van der Waals surface area contributed by atoms with E-state index in [1.165, 1.54) is 6.42 Å². The fraction of sp³-hybridized carbons (Fsp3) is 0.556. The molecule has 0 aliphatic heterocycles. The summed E-state index contributed by atoms with van der Waals surface area (Å²) >= 11 is 0. The lowest BCUT2D eigenvalue weighted by Crippen LogP contribution is -2.23. The molecule has 0 amide bonds. The predicted octanol–water partition coefficient (Wildman–Crippen LogP) is 0.888. The van der Waals surface area contributed by atoms with E-state index >= 15 is 0 Å². The number of nitrogens with zero attached hydrogens (tertiary/aromatic N) is 2. The molecule has 13 heavy (non-hydrogen) atoms. The molecule has 1 aromatic rings. The molecule has 0 unspecified atom stereocenters. The zero-order valence-corrected chi connectivity index (χ0v) is 7.95. The molecule has 72 valence electrons. The first-order chi connectivity index (χ1) is 6.43. The van der Waals surface area contributed by atoms with Crippen molar-refractivity contribution in [2.24, 2.45) is 0 Å². The fourth-order valence-electron chi connectivity index (χ4n) is 0.977. The Morgan fingerprint density at radius 3 is 2.92 bits per heavy atom. The Balaban J connectivity index is 2.07. The van der Waals surface area contributed by atoms with Gasteiger partial charge in [0.05, 0.1) is 0 Å². The van der Waals surface area contributed by atoms with Gasteiger partial charge in [-0.15, -0.1) is 5.10 Å². The van der Waals surface area contributed by atoms with Crippen molar-refractivity contribution < 1.29 is 0 Å². The molecule has 0 aliphatic rings. The lowest BCUT2D eigenvalue weighted by Gasteiger charge is -2.04. The summed E-state index contributed by atoms with van der Waals surface area (Å²) in [5.41, 5.74) is 0. The van der Waals surface area contributed by atoms with Gasteiger partial charge in [-0.3, -0.25) is 0 Å². The van der Waals surface area contributed by atoms with Gasteiger partial charge in [0, 0.05) is 19.3 Å². The summed E-state index contributed by atoms with van der Waals surface area (Å²) in [5.74, 6) is 0.834. The van der Waals surface area contributed by atoms with E-state index in [0.717, 1.165) is 25.5 Å². The van der Waals surface area contributed by atoms with E-state index in [1.54, 1.807) is 6.20 Å². The highest BCUT2D eigenvalue weighted by Gasteiger charge is 1.90. The van der Waals surface area contributed by atoms with Crippen molar-refractivity contribution in [3.05, 3.63) is 18.3 Å². The van der Waals surface area contributed by atoms with Crippen molar-refractivity contribution in [3.63, 3.8) is 0 Å². The zero-order valence-electron chi connectivity index (χ0n) is 7.95. The maximum Gasteiger partial charge on any atom is 0.148 e. The van der Waals surface area contributed by atoms with Crippen LogP contribution in [0.25, 0.3) is 0 Å². The lowest BCUT2D eigenvalue weighted by atomic mass is 10.4. The summed E-state index contributed by atoms with van der Waals surface area (Å²) in [7, 11) is 0. The predicted molar refractivity (Wildman–Crippen MR) is 53.7 cm³/mol. The molecule has 0 aliphatic carbocycles. The zero-order chi connectivity index (χ0) is 9.36. The number of aromatic nitrogens is 2. The van der Waals surface area contributed by atoms with Crippen LogP contribution in [0.1, 0.15) is 13.3 Å². The van der Waals surface area contributed by atoms with Crippen molar-refractivity contribution in [2.45, 2.75) is 13.3 Å². The second-order valence-corrected chi connectivity index (χ2v) is 2.79. The minimum absolute atomic E-state index is 0.834. The maximum absolute atomic E-state index is 3.91. The average Bonchev–Trinajstić information content (AvgIpc) is 2.19. The summed E-state index contributed by atoms with van der Waals surface area (Å²) in [4.78, 5) is 0.